The zero-order valence-corrected chi connectivity index (χ0v) is 12.5. The van der Waals surface area contributed by atoms with Crippen molar-refractivity contribution in [3.8, 4) is 0 Å². The first-order valence-corrected chi connectivity index (χ1v) is 7.50. The van der Waals surface area contributed by atoms with Gasteiger partial charge < -0.3 is 9.84 Å². The van der Waals surface area contributed by atoms with E-state index in [1.165, 1.54) is 11.5 Å². The van der Waals surface area contributed by atoms with E-state index in [1.807, 2.05) is 0 Å². The number of fused-ring (bicyclic) bond motifs is 1. The highest BCUT2D eigenvalue weighted by molar-refractivity contribution is 7.16. The Kier molecular flexibility index (Phi) is 3.81. The molecule has 3 rings (SSSR count). The number of anilines is 1. The molecule has 0 aliphatic carbocycles. The third-order valence-electron chi connectivity index (χ3n) is 3.34. The summed E-state index contributed by atoms with van der Waals surface area (Å²) in [6.45, 7) is 1.16. The van der Waals surface area contributed by atoms with Gasteiger partial charge in [0, 0.05) is 6.92 Å². The van der Waals surface area contributed by atoms with Crippen LogP contribution >= 0.6 is 11.3 Å². The highest BCUT2D eigenvalue weighted by Crippen LogP contribution is 2.29. The van der Waals surface area contributed by atoms with Gasteiger partial charge in [0.15, 0.2) is 5.65 Å². The number of amides is 1. The van der Waals surface area contributed by atoms with Crippen LogP contribution in [0.3, 0.4) is 0 Å². The zero-order chi connectivity index (χ0) is 15.9. The summed E-state index contributed by atoms with van der Waals surface area (Å²) in [5, 5.41) is 11.5. The fourth-order valence-electron chi connectivity index (χ4n) is 2.42. The molecular weight excluding hydrogens is 312 g/mol. The second-order valence-electron chi connectivity index (χ2n) is 4.96. The first kappa shape index (κ1) is 14.9. The number of aromatic amines is 1. The predicted molar refractivity (Wildman–Crippen MR) is 79.0 cm³/mol. The van der Waals surface area contributed by atoms with Gasteiger partial charge in [0.05, 0.1) is 12.7 Å². The van der Waals surface area contributed by atoms with Crippen LogP contribution in [0.25, 0.3) is 10.3 Å². The molecule has 0 spiro atoms. The lowest BCUT2D eigenvalue weighted by molar-refractivity contribution is -0.114. The summed E-state index contributed by atoms with van der Waals surface area (Å²) in [6.07, 6.45) is 0.259. The van der Waals surface area contributed by atoms with Gasteiger partial charge in [0.1, 0.15) is 10.9 Å². The Balaban J connectivity index is 2.11. The second kappa shape index (κ2) is 5.63. The van der Waals surface area contributed by atoms with E-state index in [9.17, 15) is 14.4 Å². The van der Waals surface area contributed by atoms with Crippen molar-refractivity contribution < 1.29 is 14.6 Å². The predicted octanol–water partition coefficient (Wildman–Crippen LogP) is -0.225. The van der Waals surface area contributed by atoms with Gasteiger partial charge in [0.2, 0.25) is 11.9 Å². The van der Waals surface area contributed by atoms with Gasteiger partial charge in [-0.15, -0.1) is 0 Å². The number of hydrogen-bond donors (Lipinski definition) is 3. The molecule has 2 aromatic rings. The minimum atomic E-state index is -0.571. The lowest BCUT2D eigenvalue weighted by atomic mass is 10.2. The number of aliphatic hydroxyl groups excluding tert-OH is 1. The Morgan fingerprint density at radius 1 is 1.55 bits per heavy atom. The third kappa shape index (κ3) is 2.56. The van der Waals surface area contributed by atoms with Crippen molar-refractivity contribution in [3.05, 3.63) is 20.0 Å². The van der Waals surface area contributed by atoms with Crippen molar-refractivity contribution in [1.29, 1.82) is 0 Å². The Morgan fingerprint density at radius 2 is 2.32 bits per heavy atom. The summed E-state index contributed by atoms with van der Waals surface area (Å²) in [5.74, 6) is -0.405. The molecule has 1 amide bonds. The molecule has 3 heterocycles. The summed E-state index contributed by atoms with van der Waals surface area (Å²) in [6, 6.07) is 0. The molecule has 1 fully saturated rings. The van der Waals surface area contributed by atoms with Gasteiger partial charge >= 0.3 is 4.87 Å². The Bertz CT molecular complexity index is 838. The van der Waals surface area contributed by atoms with Crippen molar-refractivity contribution >= 4 is 33.5 Å². The molecule has 118 valence electrons. The Labute approximate surface area is 127 Å². The van der Waals surface area contributed by atoms with Crippen LogP contribution in [0.2, 0.25) is 0 Å². The van der Waals surface area contributed by atoms with E-state index in [0.717, 1.165) is 11.3 Å². The number of hydrogen-bond acceptors (Lipinski definition) is 7. The van der Waals surface area contributed by atoms with Crippen LogP contribution in [0.4, 0.5) is 5.95 Å². The van der Waals surface area contributed by atoms with Crippen molar-refractivity contribution in [2.45, 2.75) is 32.1 Å². The molecule has 2 atom stereocenters. The molecule has 0 radical (unpaired) electrons. The van der Waals surface area contributed by atoms with Crippen LogP contribution in [-0.4, -0.2) is 38.3 Å². The summed E-state index contributed by atoms with van der Waals surface area (Å²) in [4.78, 5) is 41.5. The summed E-state index contributed by atoms with van der Waals surface area (Å²) in [5.41, 5.74) is -0.322. The lowest BCUT2D eigenvalue weighted by Crippen LogP contribution is -2.22. The summed E-state index contributed by atoms with van der Waals surface area (Å²) < 4.78 is 7.06. The number of nitrogens with one attached hydrogen (secondary N) is 2. The average Bonchev–Trinajstić information content (AvgIpc) is 3.02. The van der Waals surface area contributed by atoms with E-state index >= 15 is 0 Å². The number of nitrogens with zero attached hydrogens (tertiary/aromatic N) is 2. The quantitative estimate of drug-likeness (QED) is 0.715. The normalized spacial score (nSPS) is 21.4. The molecule has 2 aromatic heterocycles. The highest BCUT2D eigenvalue weighted by atomic mass is 32.1. The topological polar surface area (TPSA) is 126 Å². The maximum atomic E-state index is 12.2. The van der Waals surface area contributed by atoms with Crippen LogP contribution in [-0.2, 0) is 9.53 Å². The minimum absolute atomic E-state index is 0.0201. The van der Waals surface area contributed by atoms with E-state index in [0.29, 0.717) is 12.8 Å². The van der Waals surface area contributed by atoms with Crippen LogP contribution in [0, 0.1) is 0 Å². The number of H-pyrrole nitrogens is 1. The van der Waals surface area contributed by atoms with E-state index in [1.54, 1.807) is 0 Å². The number of aliphatic hydroxyl groups is 1. The van der Waals surface area contributed by atoms with E-state index < -0.39 is 11.8 Å². The summed E-state index contributed by atoms with van der Waals surface area (Å²) >= 11 is 0.775. The smallest absolute Gasteiger partial charge is 0.311 e. The number of carbonyl (C=O) groups is 1. The van der Waals surface area contributed by atoms with E-state index in [-0.39, 0.29) is 39.8 Å². The molecule has 0 saturated carbocycles. The second-order valence-corrected chi connectivity index (χ2v) is 5.92. The Hall–Kier alpha value is -2.04. The Morgan fingerprint density at radius 3 is 2.95 bits per heavy atom. The van der Waals surface area contributed by atoms with Gasteiger partial charge in [-0.2, -0.15) is 4.98 Å². The van der Waals surface area contributed by atoms with Crippen LogP contribution in [0.1, 0.15) is 26.0 Å². The van der Waals surface area contributed by atoms with Gasteiger partial charge in [-0.05, 0) is 12.8 Å². The maximum absolute atomic E-state index is 12.2. The largest absolute Gasteiger partial charge is 0.394 e. The van der Waals surface area contributed by atoms with Crippen molar-refractivity contribution in [3.63, 3.8) is 0 Å². The molecule has 1 saturated heterocycles. The van der Waals surface area contributed by atoms with E-state index in [4.69, 9.17) is 9.84 Å². The SMILES string of the molecule is CC(=O)Nc1nc2c(sc(=O)n2[C@H]2CC[C@@H](CO)O2)c(=O)[nH]1. The molecule has 0 aromatic carbocycles. The zero-order valence-electron chi connectivity index (χ0n) is 11.7. The van der Waals surface area contributed by atoms with E-state index in [2.05, 4.69) is 15.3 Å². The van der Waals surface area contributed by atoms with Crippen LogP contribution in [0.5, 0.6) is 0 Å². The number of thiazole rings is 1. The maximum Gasteiger partial charge on any atom is 0.311 e. The van der Waals surface area contributed by atoms with Gasteiger partial charge in [0.25, 0.3) is 5.56 Å². The van der Waals surface area contributed by atoms with Crippen LogP contribution in [0.15, 0.2) is 9.59 Å². The number of aromatic nitrogens is 3. The van der Waals surface area contributed by atoms with Gasteiger partial charge in [-0.3, -0.25) is 29.3 Å². The number of ether oxygens (including phenoxy) is 1. The molecule has 1 aliphatic heterocycles. The molecule has 3 N–H and O–H groups in total. The fraction of sp³-hybridized carbons (Fsp3) is 0.500. The van der Waals surface area contributed by atoms with Crippen molar-refractivity contribution in [1.82, 2.24) is 14.5 Å². The average molecular weight is 326 g/mol. The molecule has 9 nitrogen and oxygen atoms in total. The monoisotopic (exact) mass is 326 g/mol. The molecule has 1 aliphatic rings. The molecule has 10 heteroatoms. The third-order valence-corrected chi connectivity index (χ3v) is 4.29. The lowest BCUT2D eigenvalue weighted by Gasteiger charge is -2.13. The van der Waals surface area contributed by atoms with Gasteiger partial charge in [-0.1, -0.05) is 11.3 Å². The van der Waals surface area contributed by atoms with Crippen molar-refractivity contribution in [2.75, 3.05) is 11.9 Å². The number of rotatable bonds is 3. The summed E-state index contributed by atoms with van der Waals surface area (Å²) in [7, 11) is 0. The van der Waals surface area contributed by atoms with Crippen molar-refractivity contribution in [2.24, 2.45) is 0 Å². The standard InChI is InChI=1S/C12H14N4O5S/c1-5(18)13-11-14-9-8(10(19)15-11)22-12(20)16(9)7-3-2-6(4-17)21-7/h6-7,17H,2-4H2,1H3,(H2,13,14,15,18,19)/t6-,7+/m0/s1. The molecule has 22 heavy (non-hydrogen) atoms. The molecule has 0 unspecified atom stereocenters. The minimum Gasteiger partial charge on any atom is -0.394 e. The molecular formula is C12H14N4O5S. The van der Waals surface area contributed by atoms with Gasteiger partial charge in [-0.25, -0.2) is 0 Å². The number of carbonyl (C=O) groups excluding carboxylic acids is 1. The fourth-order valence-corrected chi connectivity index (χ4v) is 3.28. The van der Waals surface area contributed by atoms with Crippen LogP contribution < -0.4 is 15.7 Å². The highest BCUT2D eigenvalue weighted by Gasteiger charge is 2.29. The first-order valence-electron chi connectivity index (χ1n) is 6.69. The molecule has 0 bridgehead atoms. The first-order chi connectivity index (χ1) is 10.5.